The molecule has 0 unspecified atom stereocenters. The zero-order chi connectivity index (χ0) is 24.6. The number of carbonyl (C=O) groups excluding carboxylic acids is 2. The monoisotopic (exact) mass is 482 g/mol. The van der Waals surface area contributed by atoms with Gasteiger partial charge in [-0.25, -0.2) is 0 Å². The maximum absolute atomic E-state index is 13.6. The zero-order valence-corrected chi connectivity index (χ0v) is 20.3. The number of nitrogens with one attached hydrogen (secondary N) is 2. The predicted octanol–water partition coefficient (Wildman–Crippen LogP) is 5.74. The second-order valence-electron chi connectivity index (χ2n) is 7.93. The molecule has 5 nitrogen and oxygen atoms in total. The summed E-state index contributed by atoms with van der Waals surface area (Å²) < 4.78 is 5.17. The van der Waals surface area contributed by atoms with Crippen LogP contribution in [0.5, 0.6) is 5.75 Å². The summed E-state index contributed by atoms with van der Waals surface area (Å²) in [5, 5.41) is 7.87. The molecule has 0 aliphatic rings. The Morgan fingerprint density at radius 1 is 0.886 bits per heavy atom. The molecule has 1 atom stereocenters. The van der Waals surface area contributed by atoms with Crippen LogP contribution in [0.3, 0.4) is 0 Å². The molecule has 0 fully saturated rings. The van der Waals surface area contributed by atoms with Gasteiger partial charge in [-0.3, -0.25) is 9.59 Å². The molecule has 0 aliphatic carbocycles. The van der Waals surface area contributed by atoms with Crippen molar-refractivity contribution in [3.8, 4) is 5.75 Å². The van der Waals surface area contributed by atoms with Crippen LogP contribution >= 0.6 is 11.3 Å². The summed E-state index contributed by atoms with van der Waals surface area (Å²) in [6, 6.07) is 27.9. The van der Waals surface area contributed by atoms with Gasteiger partial charge < -0.3 is 15.4 Å². The van der Waals surface area contributed by atoms with E-state index in [1.54, 1.807) is 37.5 Å². The first kappa shape index (κ1) is 24.0. The van der Waals surface area contributed by atoms with Gasteiger partial charge in [-0.2, -0.15) is 0 Å². The molecule has 4 aromatic rings. The second-order valence-corrected chi connectivity index (χ2v) is 8.91. The number of ether oxygens (including phenoxy) is 1. The lowest BCUT2D eigenvalue weighted by Crippen LogP contribution is -2.37. The summed E-state index contributed by atoms with van der Waals surface area (Å²) in [4.78, 5) is 27.5. The van der Waals surface area contributed by atoms with Crippen molar-refractivity contribution in [2.24, 2.45) is 0 Å². The molecule has 176 valence electrons. The van der Waals surface area contributed by atoms with Crippen molar-refractivity contribution in [1.82, 2.24) is 10.6 Å². The van der Waals surface area contributed by atoms with Gasteiger partial charge in [-0.15, -0.1) is 11.3 Å². The number of thiophene rings is 1. The van der Waals surface area contributed by atoms with E-state index in [1.807, 2.05) is 79.0 Å². The number of amides is 2. The molecule has 0 bridgehead atoms. The van der Waals surface area contributed by atoms with Gasteiger partial charge in [-0.05, 0) is 65.4 Å². The Labute approximate surface area is 209 Å². The number of hydrogen-bond donors (Lipinski definition) is 2. The maximum Gasteiger partial charge on any atom is 0.268 e. The highest BCUT2D eigenvalue weighted by atomic mass is 32.1. The smallest absolute Gasteiger partial charge is 0.268 e. The molecule has 3 aromatic carbocycles. The lowest BCUT2D eigenvalue weighted by Gasteiger charge is -2.22. The van der Waals surface area contributed by atoms with Crippen LogP contribution in [0.25, 0.3) is 6.08 Å². The van der Waals surface area contributed by atoms with E-state index in [1.165, 1.54) is 11.3 Å². The minimum Gasteiger partial charge on any atom is -0.497 e. The first-order chi connectivity index (χ1) is 17.0. The second kappa shape index (κ2) is 11.3. The van der Waals surface area contributed by atoms with Gasteiger partial charge in [0.2, 0.25) is 0 Å². The Morgan fingerprint density at radius 2 is 1.60 bits per heavy atom. The average Bonchev–Trinajstić information content (AvgIpc) is 3.41. The highest BCUT2D eigenvalue weighted by Gasteiger charge is 2.22. The number of hydrogen-bond acceptors (Lipinski definition) is 4. The van der Waals surface area contributed by atoms with E-state index in [4.69, 9.17) is 4.74 Å². The summed E-state index contributed by atoms with van der Waals surface area (Å²) in [5.41, 5.74) is 3.60. The number of rotatable bonds is 8. The molecule has 0 aliphatic heterocycles. The fourth-order valence-electron chi connectivity index (χ4n) is 3.72. The Kier molecular flexibility index (Phi) is 7.75. The van der Waals surface area contributed by atoms with Crippen molar-refractivity contribution in [3.63, 3.8) is 0 Å². The Hall–Kier alpha value is -4.16. The van der Waals surface area contributed by atoms with E-state index in [-0.39, 0.29) is 23.6 Å². The third kappa shape index (κ3) is 6.05. The van der Waals surface area contributed by atoms with Gasteiger partial charge in [0.25, 0.3) is 11.8 Å². The quantitative estimate of drug-likeness (QED) is 0.315. The van der Waals surface area contributed by atoms with E-state index in [2.05, 4.69) is 10.6 Å². The largest absolute Gasteiger partial charge is 0.497 e. The van der Waals surface area contributed by atoms with Crippen LogP contribution in [0.1, 0.15) is 38.0 Å². The zero-order valence-electron chi connectivity index (χ0n) is 19.5. The van der Waals surface area contributed by atoms with E-state index in [0.717, 1.165) is 21.6 Å². The third-order valence-electron chi connectivity index (χ3n) is 5.58. The Bertz CT molecular complexity index is 1310. The van der Waals surface area contributed by atoms with Gasteiger partial charge >= 0.3 is 0 Å². The van der Waals surface area contributed by atoms with Crippen molar-refractivity contribution in [2.45, 2.75) is 13.0 Å². The minimum atomic E-state index is -0.380. The average molecular weight is 483 g/mol. The Balaban J connectivity index is 1.65. The summed E-state index contributed by atoms with van der Waals surface area (Å²) in [6.45, 7) is 2.02. The number of methoxy groups -OCH3 is 1. The molecule has 1 aromatic heterocycles. The normalized spacial score (nSPS) is 12.0. The predicted molar refractivity (Wildman–Crippen MR) is 140 cm³/mol. The third-order valence-corrected chi connectivity index (χ3v) is 6.40. The molecule has 1 heterocycles. The highest BCUT2D eigenvalue weighted by Crippen LogP contribution is 2.25. The van der Waals surface area contributed by atoms with Crippen molar-refractivity contribution in [2.75, 3.05) is 7.11 Å². The highest BCUT2D eigenvalue weighted by molar-refractivity contribution is 7.10. The van der Waals surface area contributed by atoms with E-state index < -0.39 is 0 Å². The summed E-state index contributed by atoms with van der Waals surface area (Å²) in [7, 11) is 1.57. The lowest BCUT2D eigenvalue weighted by molar-refractivity contribution is -0.118. The molecule has 0 saturated carbocycles. The van der Waals surface area contributed by atoms with Gasteiger partial charge in [-0.1, -0.05) is 60.7 Å². The molecular weight excluding hydrogens is 456 g/mol. The fourth-order valence-corrected chi connectivity index (χ4v) is 4.37. The van der Waals surface area contributed by atoms with Gasteiger partial charge in [0, 0.05) is 10.4 Å². The SMILES string of the molecule is COc1ccc(C(=O)N/C(=C\c2cccs2)C(=O)N[C@H](c2ccccc2)c2ccccc2C)cc1. The van der Waals surface area contributed by atoms with Crippen molar-refractivity contribution in [3.05, 3.63) is 129 Å². The molecule has 4 rings (SSSR count). The van der Waals surface area contributed by atoms with Crippen molar-refractivity contribution >= 4 is 29.2 Å². The molecule has 2 amide bonds. The van der Waals surface area contributed by atoms with Gasteiger partial charge in [0.1, 0.15) is 11.4 Å². The molecule has 6 heteroatoms. The molecule has 2 N–H and O–H groups in total. The van der Waals surface area contributed by atoms with Gasteiger partial charge in [0.15, 0.2) is 0 Å². The summed E-state index contributed by atoms with van der Waals surface area (Å²) in [6.07, 6.45) is 1.70. The van der Waals surface area contributed by atoms with E-state index in [9.17, 15) is 9.59 Å². The number of aryl methyl sites for hydroxylation is 1. The standard InChI is InChI=1S/C29H26N2O3S/c1-20-9-6-7-13-25(20)27(21-10-4-3-5-11-21)31-29(33)26(19-24-12-8-18-35-24)30-28(32)22-14-16-23(34-2)17-15-22/h3-19,27H,1-2H3,(H,30,32)(H,31,33)/b26-19-/t27-/m1/s1. The molecule has 0 radical (unpaired) electrons. The fraction of sp³-hybridized carbons (Fsp3) is 0.103. The topological polar surface area (TPSA) is 67.4 Å². The van der Waals surface area contributed by atoms with Crippen LogP contribution < -0.4 is 15.4 Å². The van der Waals surface area contributed by atoms with E-state index >= 15 is 0 Å². The molecule has 0 spiro atoms. The summed E-state index contributed by atoms with van der Waals surface area (Å²) >= 11 is 1.49. The lowest BCUT2D eigenvalue weighted by atomic mass is 9.95. The maximum atomic E-state index is 13.6. The van der Waals surface area contributed by atoms with Crippen LogP contribution in [-0.2, 0) is 4.79 Å². The minimum absolute atomic E-state index is 0.169. The summed E-state index contributed by atoms with van der Waals surface area (Å²) in [5.74, 6) is -0.104. The van der Waals surface area contributed by atoms with Crippen LogP contribution in [0.4, 0.5) is 0 Å². The molecule has 0 saturated heterocycles. The van der Waals surface area contributed by atoms with Crippen LogP contribution in [0, 0.1) is 6.92 Å². The molecular formula is C29H26N2O3S. The van der Waals surface area contributed by atoms with Crippen LogP contribution in [0.2, 0.25) is 0 Å². The molecule has 35 heavy (non-hydrogen) atoms. The number of benzene rings is 3. The van der Waals surface area contributed by atoms with Gasteiger partial charge in [0.05, 0.1) is 13.2 Å². The first-order valence-corrected chi connectivity index (χ1v) is 12.0. The van der Waals surface area contributed by atoms with Crippen LogP contribution in [-0.4, -0.2) is 18.9 Å². The van der Waals surface area contributed by atoms with Crippen molar-refractivity contribution in [1.29, 1.82) is 0 Å². The Morgan fingerprint density at radius 3 is 2.26 bits per heavy atom. The first-order valence-electron chi connectivity index (χ1n) is 11.2. The van der Waals surface area contributed by atoms with Crippen LogP contribution in [0.15, 0.2) is 102 Å². The number of carbonyl (C=O) groups is 2. The van der Waals surface area contributed by atoms with E-state index in [0.29, 0.717) is 11.3 Å². The van der Waals surface area contributed by atoms with Crippen molar-refractivity contribution < 1.29 is 14.3 Å².